The molecule has 0 bridgehead atoms. The largest absolute Gasteiger partial charge is 0.491 e. The zero-order valence-electron chi connectivity index (χ0n) is 11.7. The fourth-order valence-corrected chi connectivity index (χ4v) is 2.21. The lowest BCUT2D eigenvalue weighted by Gasteiger charge is -2.30. The van der Waals surface area contributed by atoms with E-state index in [0.717, 1.165) is 11.3 Å². The maximum absolute atomic E-state index is 11.2. The van der Waals surface area contributed by atoms with Crippen LogP contribution < -0.4 is 4.74 Å². The van der Waals surface area contributed by atoms with Crippen LogP contribution in [0.15, 0.2) is 18.2 Å². The summed E-state index contributed by atoms with van der Waals surface area (Å²) in [5, 5.41) is 9.81. The molecule has 1 aromatic rings. The molecule has 1 N–H and O–H groups in total. The molecule has 1 rings (SSSR count). The van der Waals surface area contributed by atoms with E-state index >= 15 is 0 Å². The molecule has 19 heavy (non-hydrogen) atoms. The molecule has 0 fully saturated rings. The van der Waals surface area contributed by atoms with Gasteiger partial charge >= 0.3 is 6.09 Å². The lowest BCUT2D eigenvalue weighted by Crippen LogP contribution is -2.45. The van der Waals surface area contributed by atoms with Gasteiger partial charge in [-0.05, 0) is 51.5 Å². The zero-order chi connectivity index (χ0) is 14.6. The van der Waals surface area contributed by atoms with Crippen LogP contribution in [-0.2, 0) is 0 Å². The van der Waals surface area contributed by atoms with Crippen LogP contribution in [0, 0.1) is 6.92 Å². The summed E-state index contributed by atoms with van der Waals surface area (Å²) in [5.74, 6) is 0.727. The molecular formula is C14H20ClNO3. The average Bonchev–Trinajstić information content (AvgIpc) is 2.26. The van der Waals surface area contributed by atoms with Crippen molar-refractivity contribution in [2.24, 2.45) is 0 Å². The van der Waals surface area contributed by atoms with Crippen molar-refractivity contribution in [1.29, 1.82) is 0 Å². The van der Waals surface area contributed by atoms with Crippen LogP contribution in [0.3, 0.4) is 0 Å². The molecule has 0 radical (unpaired) electrons. The van der Waals surface area contributed by atoms with Crippen molar-refractivity contribution in [2.45, 2.75) is 39.8 Å². The Kier molecular flexibility index (Phi) is 5.48. The Morgan fingerprint density at radius 1 is 1.42 bits per heavy atom. The SMILES string of the molecule is Cc1cc(Cl)ccc1OCC(C)N(C(=O)O)C(C)C. The van der Waals surface area contributed by atoms with Crippen molar-refractivity contribution < 1.29 is 14.6 Å². The van der Waals surface area contributed by atoms with Crippen LogP contribution in [0.4, 0.5) is 4.79 Å². The van der Waals surface area contributed by atoms with Crippen molar-refractivity contribution in [3.8, 4) is 5.75 Å². The third-order valence-electron chi connectivity index (χ3n) is 2.87. The molecule has 0 aliphatic carbocycles. The van der Waals surface area contributed by atoms with Crippen LogP contribution in [-0.4, -0.2) is 34.8 Å². The first-order valence-electron chi connectivity index (χ1n) is 6.23. The summed E-state index contributed by atoms with van der Waals surface area (Å²) in [7, 11) is 0. The number of ether oxygens (including phenoxy) is 1. The van der Waals surface area contributed by atoms with Gasteiger partial charge in [0.15, 0.2) is 0 Å². The molecule has 0 aliphatic rings. The van der Waals surface area contributed by atoms with Crippen LogP contribution in [0.5, 0.6) is 5.75 Å². The van der Waals surface area contributed by atoms with E-state index in [2.05, 4.69) is 0 Å². The van der Waals surface area contributed by atoms with E-state index in [-0.39, 0.29) is 12.1 Å². The van der Waals surface area contributed by atoms with E-state index in [9.17, 15) is 4.79 Å². The summed E-state index contributed by atoms with van der Waals surface area (Å²) in [6.07, 6.45) is -0.932. The van der Waals surface area contributed by atoms with Gasteiger partial charge in [-0.25, -0.2) is 4.79 Å². The minimum Gasteiger partial charge on any atom is -0.491 e. The Morgan fingerprint density at radius 3 is 2.53 bits per heavy atom. The van der Waals surface area contributed by atoms with Crippen molar-refractivity contribution in [3.63, 3.8) is 0 Å². The molecule has 1 atom stereocenters. The third kappa shape index (κ3) is 4.31. The number of benzene rings is 1. The minimum atomic E-state index is -0.932. The smallest absolute Gasteiger partial charge is 0.407 e. The van der Waals surface area contributed by atoms with E-state index < -0.39 is 6.09 Å². The van der Waals surface area contributed by atoms with E-state index in [1.54, 1.807) is 12.1 Å². The summed E-state index contributed by atoms with van der Waals surface area (Å²) in [6, 6.07) is 5.07. The predicted molar refractivity (Wildman–Crippen MR) is 76.1 cm³/mol. The fraction of sp³-hybridized carbons (Fsp3) is 0.500. The van der Waals surface area contributed by atoms with Crippen LogP contribution in [0.2, 0.25) is 5.02 Å². The first-order chi connectivity index (χ1) is 8.82. The van der Waals surface area contributed by atoms with Crippen LogP contribution in [0.25, 0.3) is 0 Å². The fourth-order valence-electron chi connectivity index (χ4n) is 1.98. The second kappa shape index (κ2) is 6.66. The highest BCUT2D eigenvalue weighted by atomic mass is 35.5. The lowest BCUT2D eigenvalue weighted by atomic mass is 10.2. The third-order valence-corrected chi connectivity index (χ3v) is 3.10. The number of hydrogen-bond acceptors (Lipinski definition) is 2. The molecule has 0 aromatic heterocycles. The molecule has 0 heterocycles. The topological polar surface area (TPSA) is 49.8 Å². The zero-order valence-corrected chi connectivity index (χ0v) is 12.4. The molecule has 106 valence electrons. The van der Waals surface area contributed by atoms with Crippen molar-refractivity contribution in [1.82, 2.24) is 4.90 Å². The van der Waals surface area contributed by atoms with E-state index in [1.807, 2.05) is 33.8 Å². The van der Waals surface area contributed by atoms with Gasteiger partial charge in [-0.3, -0.25) is 4.90 Å². The maximum Gasteiger partial charge on any atom is 0.407 e. The van der Waals surface area contributed by atoms with Gasteiger partial charge in [-0.1, -0.05) is 11.6 Å². The van der Waals surface area contributed by atoms with Crippen LogP contribution in [0.1, 0.15) is 26.3 Å². The molecule has 0 spiro atoms. The second-order valence-corrected chi connectivity index (χ2v) is 5.29. The highest BCUT2D eigenvalue weighted by Crippen LogP contribution is 2.22. The van der Waals surface area contributed by atoms with Gasteiger partial charge < -0.3 is 9.84 Å². The van der Waals surface area contributed by atoms with Gasteiger partial charge in [0.2, 0.25) is 0 Å². The Morgan fingerprint density at radius 2 is 2.05 bits per heavy atom. The average molecular weight is 286 g/mol. The molecule has 0 aliphatic heterocycles. The molecule has 1 unspecified atom stereocenters. The number of carbonyl (C=O) groups is 1. The Balaban J connectivity index is 2.67. The standard InChI is InChI=1S/C14H20ClNO3/c1-9(2)16(14(17)18)11(4)8-19-13-6-5-12(15)7-10(13)3/h5-7,9,11H,8H2,1-4H3,(H,17,18). The van der Waals surface area contributed by atoms with Crippen molar-refractivity contribution in [3.05, 3.63) is 28.8 Å². The normalized spacial score (nSPS) is 12.3. The van der Waals surface area contributed by atoms with Gasteiger partial charge in [-0.2, -0.15) is 0 Å². The van der Waals surface area contributed by atoms with E-state index in [4.69, 9.17) is 21.4 Å². The molecule has 1 amide bonds. The highest BCUT2D eigenvalue weighted by Gasteiger charge is 2.22. The number of nitrogens with zero attached hydrogens (tertiary/aromatic N) is 1. The summed E-state index contributed by atoms with van der Waals surface area (Å²) in [6.45, 7) is 7.74. The summed E-state index contributed by atoms with van der Waals surface area (Å²) in [5.41, 5.74) is 0.936. The Labute approximate surface area is 118 Å². The molecule has 0 saturated carbocycles. The van der Waals surface area contributed by atoms with E-state index in [0.29, 0.717) is 11.6 Å². The van der Waals surface area contributed by atoms with Gasteiger partial charge in [0.25, 0.3) is 0 Å². The molecule has 0 saturated heterocycles. The van der Waals surface area contributed by atoms with Gasteiger partial charge in [0.05, 0.1) is 6.04 Å². The monoisotopic (exact) mass is 285 g/mol. The van der Waals surface area contributed by atoms with Gasteiger partial charge in [0, 0.05) is 11.1 Å². The quantitative estimate of drug-likeness (QED) is 0.895. The maximum atomic E-state index is 11.2. The molecule has 5 heteroatoms. The van der Waals surface area contributed by atoms with Crippen molar-refractivity contribution >= 4 is 17.7 Å². The highest BCUT2D eigenvalue weighted by molar-refractivity contribution is 6.30. The number of halogens is 1. The lowest BCUT2D eigenvalue weighted by molar-refractivity contribution is 0.0921. The van der Waals surface area contributed by atoms with Gasteiger partial charge in [0.1, 0.15) is 12.4 Å². The number of rotatable bonds is 5. The van der Waals surface area contributed by atoms with Crippen molar-refractivity contribution in [2.75, 3.05) is 6.61 Å². The second-order valence-electron chi connectivity index (χ2n) is 4.85. The number of hydrogen-bond donors (Lipinski definition) is 1. The Hall–Kier alpha value is -1.42. The number of amides is 1. The van der Waals surface area contributed by atoms with Gasteiger partial charge in [-0.15, -0.1) is 0 Å². The van der Waals surface area contributed by atoms with E-state index in [1.165, 1.54) is 4.90 Å². The van der Waals surface area contributed by atoms with Crippen LogP contribution >= 0.6 is 11.6 Å². The summed E-state index contributed by atoms with van der Waals surface area (Å²) >= 11 is 5.87. The predicted octanol–water partition coefficient (Wildman–Crippen LogP) is 3.80. The number of aryl methyl sites for hydroxylation is 1. The summed E-state index contributed by atoms with van der Waals surface area (Å²) < 4.78 is 5.67. The minimum absolute atomic E-state index is 0.0811. The molecule has 1 aromatic carbocycles. The first kappa shape index (κ1) is 15.6. The Bertz CT molecular complexity index is 448. The molecule has 4 nitrogen and oxygen atoms in total. The first-order valence-corrected chi connectivity index (χ1v) is 6.61. The molecular weight excluding hydrogens is 266 g/mol. The number of carboxylic acid groups (broad SMARTS) is 1. The summed E-state index contributed by atoms with van der Waals surface area (Å²) in [4.78, 5) is 12.5.